The van der Waals surface area contributed by atoms with Crippen LogP contribution in [0.2, 0.25) is 0 Å². The minimum atomic E-state index is -3.63. The lowest BCUT2D eigenvalue weighted by atomic mass is 10.1. The SMILES string of the molecule is Cc1oc(C)c(S(=O)(=O)NCC(C)(C)N(C)C)c1CN. The lowest BCUT2D eigenvalue weighted by Gasteiger charge is -2.32. The Morgan fingerprint density at radius 3 is 2.25 bits per heavy atom. The van der Waals surface area contributed by atoms with E-state index in [9.17, 15) is 8.42 Å². The molecule has 7 heteroatoms. The summed E-state index contributed by atoms with van der Waals surface area (Å²) in [6.07, 6.45) is 0. The van der Waals surface area contributed by atoms with Gasteiger partial charge in [-0.05, 0) is 41.8 Å². The summed E-state index contributed by atoms with van der Waals surface area (Å²) in [7, 11) is 0.189. The first-order valence-corrected chi connectivity index (χ1v) is 7.97. The van der Waals surface area contributed by atoms with Crippen molar-refractivity contribution in [2.45, 2.75) is 44.7 Å². The zero-order chi connectivity index (χ0) is 15.7. The van der Waals surface area contributed by atoms with E-state index >= 15 is 0 Å². The van der Waals surface area contributed by atoms with Gasteiger partial charge in [0.25, 0.3) is 0 Å². The fraction of sp³-hybridized carbons (Fsp3) is 0.692. The molecule has 0 aliphatic heterocycles. The predicted octanol–water partition coefficient (Wildman–Crippen LogP) is 0.974. The van der Waals surface area contributed by atoms with Gasteiger partial charge in [0, 0.05) is 24.2 Å². The summed E-state index contributed by atoms with van der Waals surface area (Å²) in [6.45, 7) is 7.72. The molecule has 3 N–H and O–H groups in total. The summed E-state index contributed by atoms with van der Waals surface area (Å²) >= 11 is 0. The minimum Gasteiger partial charge on any atom is -0.465 e. The van der Waals surface area contributed by atoms with E-state index in [0.717, 1.165) is 0 Å². The Labute approximate surface area is 121 Å². The second kappa shape index (κ2) is 5.85. The van der Waals surface area contributed by atoms with Gasteiger partial charge in [-0.15, -0.1) is 0 Å². The number of rotatable bonds is 6. The third-order valence-electron chi connectivity index (χ3n) is 3.70. The number of likely N-dealkylation sites (N-methyl/N-ethyl adjacent to an activating group) is 1. The van der Waals surface area contributed by atoms with Crippen molar-refractivity contribution >= 4 is 10.0 Å². The van der Waals surface area contributed by atoms with Crippen LogP contribution in [0.25, 0.3) is 0 Å². The lowest BCUT2D eigenvalue weighted by molar-refractivity contribution is 0.199. The fourth-order valence-electron chi connectivity index (χ4n) is 1.80. The predicted molar refractivity (Wildman–Crippen MR) is 79.0 cm³/mol. The number of nitrogens with two attached hydrogens (primary N) is 1. The third-order valence-corrected chi connectivity index (χ3v) is 5.30. The van der Waals surface area contributed by atoms with Crippen molar-refractivity contribution in [3.05, 3.63) is 17.1 Å². The van der Waals surface area contributed by atoms with Gasteiger partial charge in [-0.1, -0.05) is 0 Å². The van der Waals surface area contributed by atoms with Gasteiger partial charge in [-0.2, -0.15) is 0 Å². The summed E-state index contributed by atoms with van der Waals surface area (Å²) in [5, 5.41) is 0. The van der Waals surface area contributed by atoms with Gasteiger partial charge in [0.2, 0.25) is 10.0 Å². The second-order valence-electron chi connectivity index (χ2n) is 5.76. The highest BCUT2D eigenvalue weighted by molar-refractivity contribution is 7.89. The number of hydrogen-bond donors (Lipinski definition) is 2. The highest BCUT2D eigenvalue weighted by atomic mass is 32.2. The van der Waals surface area contributed by atoms with E-state index in [-0.39, 0.29) is 17.0 Å². The average molecular weight is 303 g/mol. The molecule has 1 heterocycles. The molecule has 0 bridgehead atoms. The van der Waals surface area contributed by atoms with Gasteiger partial charge in [0.15, 0.2) is 0 Å². The first-order chi connectivity index (χ1) is 9.03. The van der Waals surface area contributed by atoms with Crippen molar-refractivity contribution in [3.63, 3.8) is 0 Å². The molecule has 0 fully saturated rings. The van der Waals surface area contributed by atoms with E-state index in [1.807, 2.05) is 32.8 Å². The molecule has 0 saturated carbocycles. The maximum Gasteiger partial charge on any atom is 0.244 e. The number of sulfonamides is 1. The topological polar surface area (TPSA) is 88.6 Å². The largest absolute Gasteiger partial charge is 0.465 e. The molecule has 20 heavy (non-hydrogen) atoms. The Balaban J connectivity index is 3.07. The zero-order valence-electron chi connectivity index (χ0n) is 13.1. The molecule has 0 aliphatic carbocycles. The second-order valence-corrected chi connectivity index (χ2v) is 7.46. The number of nitrogens with one attached hydrogen (secondary N) is 1. The van der Waals surface area contributed by atoms with Crippen LogP contribution in [0.15, 0.2) is 9.31 Å². The Kier molecular flexibility index (Phi) is 5.02. The monoisotopic (exact) mass is 303 g/mol. The lowest BCUT2D eigenvalue weighted by Crippen LogP contribution is -2.48. The van der Waals surface area contributed by atoms with Crippen molar-refractivity contribution < 1.29 is 12.8 Å². The van der Waals surface area contributed by atoms with Gasteiger partial charge >= 0.3 is 0 Å². The van der Waals surface area contributed by atoms with E-state index in [2.05, 4.69) is 4.72 Å². The van der Waals surface area contributed by atoms with Crippen molar-refractivity contribution in [1.29, 1.82) is 0 Å². The van der Waals surface area contributed by atoms with Crippen molar-refractivity contribution in [2.75, 3.05) is 20.6 Å². The molecule has 0 unspecified atom stereocenters. The van der Waals surface area contributed by atoms with Crippen molar-refractivity contribution in [1.82, 2.24) is 9.62 Å². The van der Waals surface area contributed by atoms with Crippen molar-refractivity contribution in [2.24, 2.45) is 5.73 Å². The Morgan fingerprint density at radius 1 is 1.25 bits per heavy atom. The molecule has 116 valence electrons. The first kappa shape index (κ1) is 17.2. The van der Waals surface area contributed by atoms with E-state index < -0.39 is 10.0 Å². The average Bonchev–Trinajstić information content (AvgIpc) is 2.61. The van der Waals surface area contributed by atoms with Gasteiger partial charge in [-0.25, -0.2) is 13.1 Å². The van der Waals surface area contributed by atoms with Crippen LogP contribution in [0.3, 0.4) is 0 Å². The standard InChI is InChI=1S/C13H25N3O3S/c1-9-11(7-14)12(10(2)19-9)20(17,18)15-8-13(3,4)16(5)6/h15H,7-8,14H2,1-6H3. The summed E-state index contributed by atoms with van der Waals surface area (Å²) in [6, 6.07) is 0. The molecule has 1 aromatic heterocycles. The summed E-state index contributed by atoms with van der Waals surface area (Å²) < 4.78 is 33.0. The molecule has 0 saturated heterocycles. The normalized spacial score (nSPS) is 13.2. The molecule has 0 amide bonds. The molecular formula is C13H25N3O3S. The first-order valence-electron chi connectivity index (χ1n) is 6.49. The van der Waals surface area contributed by atoms with Gasteiger partial charge < -0.3 is 15.1 Å². The van der Waals surface area contributed by atoms with E-state index in [1.54, 1.807) is 13.8 Å². The molecule has 1 aromatic rings. The summed E-state index contributed by atoms with van der Waals surface area (Å²) in [4.78, 5) is 2.14. The molecule has 0 radical (unpaired) electrons. The van der Waals surface area contributed by atoms with Crippen LogP contribution in [-0.4, -0.2) is 39.5 Å². The molecule has 0 atom stereocenters. The van der Waals surface area contributed by atoms with Crippen LogP contribution in [0.1, 0.15) is 30.9 Å². The Morgan fingerprint density at radius 2 is 1.80 bits per heavy atom. The van der Waals surface area contributed by atoms with Crippen molar-refractivity contribution in [3.8, 4) is 0 Å². The van der Waals surface area contributed by atoms with Crippen LogP contribution in [0.4, 0.5) is 0 Å². The van der Waals surface area contributed by atoms with Crippen LogP contribution >= 0.6 is 0 Å². The highest BCUT2D eigenvalue weighted by Gasteiger charge is 2.29. The highest BCUT2D eigenvalue weighted by Crippen LogP contribution is 2.26. The number of nitrogens with zero attached hydrogens (tertiary/aromatic N) is 1. The van der Waals surface area contributed by atoms with Gasteiger partial charge in [0.05, 0.1) is 0 Å². The molecule has 6 nitrogen and oxygen atoms in total. The maximum absolute atomic E-state index is 12.5. The molecule has 1 rings (SSSR count). The van der Waals surface area contributed by atoms with Gasteiger partial charge in [0.1, 0.15) is 16.4 Å². The Hall–Kier alpha value is -0.890. The summed E-state index contributed by atoms with van der Waals surface area (Å²) in [5.41, 5.74) is 5.88. The van der Waals surface area contributed by atoms with Crippen LogP contribution < -0.4 is 10.5 Å². The zero-order valence-corrected chi connectivity index (χ0v) is 13.9. The van der Waals surface area contributed by atoms with Crippen LogP contribution in [0, 0.1) is 13.8 Å². The van der Waals surface area contributed by atoms with Crippen LogP contribution in [-0.2, 0) is 16.6 Å². The van der Waals surface area contributed by atoms with Crippen LogP contribution in [0.5, 0.6) is 0 Å². The number of furan rings is 1. The quantitative estimate of drug-likeness (QED) is 0.817. The minimum absolute atomic E-state index is 0.135. The molecule has 0 aliphatic rings. The molecule has 0 spiro atoms. The number of aryl methyl sites for hydroxylation is 2. The fourth-order valence-corrected chi connectivity index (χ4v) is 3.46. The third kappa shape index (κ3) is 3.41. The maximum atomic E-state index is 12.5. The molecule has 0 aromatic carbocycles. The molecular weight excluding hydrogens is 278 g/mol. The van der Waals surface area contributed by atoms with Gasteiger partial charge in [-0.3, -0.25) is 0 Å². The van der Waals surface area contributed by atoms with E-state index in [4.69, 9.17) is 10.2 Å². The van der Waals surface area contributed by atoms with E-state index in [1.165, 1.54) is 0 Å². The number of hydrogen-bond acceptors (Lipinski definition) is 5. The Bertz CT molecular complexity index is 574. The summed E-state index contributed by atoms with van der Waals surface area (Å²) in [5.74, 6) is 0.926. The smallest absolute Gasteiger partial charge is 0.244 e. The van der Waals surface area contributed by atoms with E-state index in [0.29, 0.717) is 23.6 Å².